The Kier molecular flexibility index (Phi) is 5.58. The lowest BCUT2D eigenvalue weighted by molar-refractivity contribution is -0.136. The van der Waals surface area contributed by atoms with E-state index in [0.29, 0.717) is 5.91 Å². The molecule has 2 heterocycles. The van der Waals surface area contributed by atoms with Crippen molar-refractivity contribution in [2.45, 2.75) is 19.4 Å². The molecule has 2 aliphatic heterocycles. The van der Waals surface area contributed by atoms with Gasteiger partial charge in [0.2, 0.25) is 5.91 Å². The molecule has 0 N–H and O–H groups in total. The number of nitrogens with zero attached hydrogens (tertiary/aromatic N) is 3. The minimum atomic E-state index is 0.208. The molecule has 0 aliphatic carbocycles. The third-order valence-corrected chi connectivity index (χ3v) is 5.66. The van der Waals surface area contributed by atoms with Crippen LogP contribution in [-0.2, 0) is 11.3 Å². The van der Waals surface area contributed by atoms with Crippen molar-refractivity contribution in [3.8, 4) is 6.07 Å². The van der Waals surface area contributed by atoms with Gasteiger partial charge in [0.15, 0.2) is 0 Å². The number of benzene rings is 1. The van der Waals surface area contributed by atoms with Crippen molar-refractivity contribution in [1.29, 1.82) is 5.26 Å². The van der Waals surface area contributed by atoms with E-state index in [1.54, 1.807) is 0 Å². The summed E-state index contributed by atoms with van der Waals surface area (Å²) in [7, 11) is 0. The van der Waals surface area contributed by atoms with Crippen molar-refractivity contribution in [3.05, 3.63) is 35.4 Å². The second kappa shape index (κ2) is 7.85. The van der Waals surface area contributed by atoms with Crippen LogP contribution in [0, 0.1) is 17.2 Å². The lowest BCUT2D eigenvalue weighted by Crippen LogP contribution is -2.45. The van der Waals surface area contributed by atoms with Crippen molar-refractivity contribution in [1.82, 2.24) is 9.80 Å². The van der Waals surface area contributed by atoms with Gasteiger partial charge in [0, 0.05) is 37.1 Å². The average Bonchev–Trinajstić information content (AvgIpc) is 2.63. The molecule has 3 rings (SSSR count). The lowest BCUT2D eigenvalue weighted by Gasteiger charge is -2.35. The molecular formula is C18H23N3OS. The van der Waals surface area contributed by atoms with E-state index < -0.39 is 0 Å². The quantitative estimate of drug-likeness (QED) is 0.854. The molecule has 0 aromatic heterocycles. The molecular weight excluding hydrogens is 306 g/mol. The SMILES string of the molecule is N#Cc1cccc(CN2CCC(C(=O)N3CCSCC3)CC2)c1. The summed E-state index contributed by atoms with van der Waals surface area (Å²) in [6, 6.07) is 10.0. The summed E-state index contributed by atoms with van der Waals surface area (Å²) in [5, 5.41) is 8.98. The maximum atomic E-state index is 12.6. The minimum Gasteiger partial charge on any atom is -0.341 e. The first kappa shape index (κ1) is 16.4. The first-order valence-corrected chi connectivity index (χ1v) is 9.49. The topological polar surface area (TPSA) is 47.3 Å². The zero-order valence-corrected chi connectivity index (χ0v) is 14.2. The smallest absolute Gasteiger partial charge is 0.225 e. The first-order chi connectivity index (χ1) is 11.3. The Hall–Kier alpha value is -1.51. The molecule has 2 saturated heterocycles. The number of carbonyl (C=O) groups is 1. The van der Waals surface area contributed by atoms with Crippen LogP contribution in [0.3, 0.4) is 0 Å². The van der Waals surface area contributed by atoms with E-state index in [2.05, 4.69) is 21.9 Å². The van der Waals surface area contributed by atoms with Crippen molar-refractivity contribution in [2.75, 3.05) is 37.7 Å². The normalized spacial score (nSPS) is 20.2. The Balaban J connectivity index is 1.50. The predicted octanol–water partition coefficient (Wildman–Crippen LogP) is 2.35. The summed E-state index contributed by atoms with van der Waals surface area (Å²) in [6.45, 7) is 4.65. The fraction of sp³-hybridized carbons (Fsp3) is 0.556. The Morgan fingerprint density at radius 1 is 1.22 bits per heavy atom. The maximum absolute atomic E-state index is 12.6. The Morgan fingerprint density at radius 2 is 1.96 bits per heavy atom. The molecule has 1 amide bonds. The fourth-order valence-electron chi connectivity index (χ4n) is 3.38. The van der Waals surface area contributed by atoms with Crippen LogP contribution in [0.15, 0.2) is 24.3 Å². The van der Waals surface area contributed by atoms with Crippen molar-refractivity contribution < 1.29 is 4.79 Å². The van der Waals surface area contributed by atoms with Gasteiger partial charge in [-0.05, 0) is 43.6 Å². The van der Waals surface area contributed by atoms with Crippen LogP contribution in [0.4, 0.5) is 0 Å². The number of hydrogen-bond donors (Lipinski definition) is 0. The monoisotopic (exact) mass is 329 g/mol. The molecule has 23 heavy (non-hydrogen) atoms. The van der Waals surface area contributed by atoms with E-state index >= 15 is 0 Å². The number of nitriles is 1. The minimum absolute atomic E-state index is 0.208. The predicted molar refractivity (Wildman–Crippen MR) is 93.1 cm³/mol. The summed E-state index contributed by atoms with van der Waals surface area (Å²) in [5.41, 5.74) is 1.90. The van der Waals surface area contributed by atoms with Gasteiger partial charge in [-0.15, -0.1) is 0 Å². The summed E-state index contributed by atoms with van der Waals surface area (Å²) >= 11 is 1.94. The van der Waals surface area contributed by atoms with Crippen LogP contribution in [-0.4, -0.2) is 53.4 Å². The molecule has 2 fully saturated rings. The second-order valence-electron chi connectivity index (χ2n) is 6.30. The van der Waals surface area contributed by atoms with E-state index in [0.717, 1.165) is 62.6 Å². The van der Waals surface area contributed by atoms with Gasteiger partial charge in [-0.2, -0.15) is 17.0 Å². The fourth-order valence-corrected chi connectivity index (χ4v) is 4.28. The molecule has 0 radical (unpaired) electrons. The largest absolute Gasteiger partial charge is 0.341 e. The van der Waals surface area contributed by atoms with E-state index in [1.165, 1.54) is 5.56 Å². The number of carbonyl (C=O) groups excluding carboxylic acids is 1. The molecule has 0 spiro atoms. The van der Waals surface area contributed by atoms with E-state index in [-0.39, 0.29) is 5.92 Å². The van der Waals surface area contributed by atoms with Crippen LogP contribution in [0.5, 0.6) is 0 Å². The van der Waals surface area contributed by atoms with Crippen LogP contribution >= 0.6 is 11.8 Å². The molecule has 0 bridgehead atoms. The van der Waals surface area contributed by atoms with Crippen molar-refractivity contribution >= 4 is 17.7 Å². The number of likely N-dealkylation sites (tertiary alicyclic amines) is 1. The van der Waals surface area contributed by atoms with Crippen LogP contribution in [0.2, 0.25) is 0 Å². The number of piperidine rings is 1. The van der Waals surface area contributed by atoms with Gasteiger partial charge >= 0.3 is 0 Å². The Bertz CT molecular complexity index is 584. The van der Waals surface area contributed by atoms with Gasteiger partial charge in [0.05, 0.1) is 11.6 Å². The molecule has 5 heteroatoms. The maximum Gasteiger partial charge on any atom is 0.225 e. The highest BCUT2D eigenvalue weighted by Gasteiger charge is 2.29. The summed E-state index contributed by atoms with van der Waals surface area (Å²) < 4.78 is 0. The van der Waals surface area contributed by atoms with E-state index in [4.69, 9.17) is 5.26 Å². The summed E-state index contributed by atoms with van der Waals surface area (Å²) in [6.07, 6.45) is 1.92. The van der Waals surface area contributed by atoms with Gasteiger partial charge in [-0.1, -0.05) is 12.1 Å². The van der Waals surface area contributed by atoms with Crippen LogP contribution in [0.1, 0.15) is 24.0 Å². The number of amides is 1. The van der Waals surface area contributed by atoms with Gasteiger partial charge in [0.25, 0.3) is 0 Å². The molecule has 0 atom stereocenters. The van der Waals surface area contributed by atoms with Crippen molar-refractivity contribution in [3.63, 3.8) is 0 Å². The standard InChI is InChI=1S/C18H23N3OS/c19-13-15-2-1-3-16(12-15)14-20-6-4-17(5-7-20)18(22)21-8-10-23-11-9-21/h1-3,12,17H,4-11,14H2. The zero-order chi connectivity index (χ0) is 16.1. The molecule has 1 aromatic carbocycles. The molecule has 2 aliphatic rings. The van der Waals surface area contributed by atoms with Gasteiger partial charge < -0.3 is 4.90 Å². The zero-order valence-electron chi connectivity index (χ0n) is 13.4. The third-order valence-electron chi connectivity index (χ3n) is 4.72. The molecule has 0 unspecified atom stereocenters. The highest BCUT2D eigenvalue weighted by atomic mass is 32.2. The molecule has 1 aromatic rings. The van der Waals surface area contributed by atoms with Gasteiger partial charge in [-0.3, -0.25) is 9.69 Å². The van der Waals surface area contributed by atoms with Gasteiger partial charge in [-0.25, -0.2) is 0 Å². The Morgan fingerprint density at radius 3 is 2.65 bits per heavy atom. The summed E-state index contributed by atoms with van der Waals surface area (Å²) in [4.78, 5) is 17.0. The number of hydrogen-bond acceptors (Lipinski definition) is 4. The molecule has 122 valence electrons. The highest BCUT2D eigenvalue weighted by molar-refractivity contribution is 7.99. The van der Waals surface area contributed by atoms with Gasteiger partial charge in [0.1, 0.15) is 0 Å². The van der Waals surface area contributed by atoms with Crippen molar-refractivity contribution in [2.24, 2.45) is 5.92 Å². The molecule has 4 nitrogen and oxygen atoms in total. The average molecular weight is 329 g/mol. The lowest BCUT2D eigenvalue weighted by atomic mass is 9.94. The first-order valence-electron chi connectivity index (χ1n) is 8.34. The molecule has 0 saturated carbocycles. The van der Waals surface area contributed by atoms with Crippen LogP contribution in [0.25, 0.3) is 0 Å². The second-order valence-corrected chi connectivity index (χ2v) is 7.53. The highest BCUT2D eigenvalue weighted by Crippen LogP contribution is 2.23. The van der Waals surface area contributed by atoms with Crippen LogP contribution < -0.4 is 0 Å². The summed E-state index contributed by atoms with van der Waals surface area (Å²) in [5.74, 6) is 2.75. The number of rotatable bonds is 3. The van der Waals surface area contributed by atoms with E-state index in [9.17, 15) is 4.79 Å². The third kappa shape index (κ3) is 4.27. The Labute approximate surface area is 142 Å². The van der Waals surface area contributed by atoms with E-state index in [1.807, 2.05) is 30.0 Å². The number of thioether (sulfide) groups is 1.